The zero-order valence-electron chi connectivity index (χ0n) is 35.8. The molecule has 1 amide bonds. The molecule has 1 aliphatic heterocycles. The molecule has 11 N–H and O–H groups in total. The summed E-state index contributed by atoms with van der Waals surface area (Å²) in [7, 11) is 0. The molecule has 6 rings (SSSR count). The molecular formula is C43H60ClNO17. The monoisotopic (exact) mass is 897 g/mol. The largest absolute Gasteiger partial charge is 0.456 e. The van der Waals surface area contributed by atoms with Crippen LogP contribution < -0.4 is 5.32 Å². The van der Waals surface area contributed by atoms with Gasteiger partial charge in [0.1, 0.15) is 35.6 Å². The van der Waals surface area contributed by atoms with E-state index in [1.807, 2.05) is 0 Å². The van der Waals surface area contributed by atoms with E-state index < -0.39 is 112 Å². The second-order valence-corrected chi connectivity index (χ2v) is 17.6. The van der Waals surface area contributed by atoms with Crippen LogP contribution in [-0.2, 0) is 38.1 Å². The number of amides is 1. The number of rotatable bonds is 8. The van der Waals surface area contributed by atoms with Crippen LogP contribution in [0.25, 0.3) is 0 Å². The van der Waals surface area contributed by atoms with Crippen molar-refractivity contribution in [3.63, 3.8) is 0 Å². The van der Waals surface area contributed by atoms with Crippen LogP contribution >= 0.6 is 12.4 Å². The first-order valence-electron chi connectivity index (χ1n) is 19.3. The lowest BCUT2D eigenvalue weighted by atomic mass is 9.44. The number of hydrogen-bond acceptors (Lipinski definition) is 14. The summed E-state index contributed by atoms with van der Waals surface area (Å²) in [6.45, 7) is 11.8. The van der Waals surface area contributed by atoms with Gasteiger partial charge in [-0.25, -0.2) is 14.4 Å². The quantitative estimate of drug-likeness (QED) is 0.141. The lowest BCUT2D eigenvalue weighted by Crippen LogP contribution is -2.81. The topological polar surface area (TPSA) is 319 Å². The molecule has 2 saturated carbocycles. The predicted octanol–water partition coefficient (Wildman–Crippen LogP) is 1.21. The fourth-order valence-electron chi connectivity index (χ4n) is 9.56. The molecule has 4 aliphatic rings. The maximum Gasteiger partial charge on any atom is 0.408 e. The van der Waals surface area contributed by atoms with Crippen molar-refractivity contribution in [3.8, 4) is 0 Å². The summed E-state index contributed by atoms with van der Waals surface area (Å²) in [6, 6.07) is 14.6. The number of ketones is 1. The van der Waals surface area contributed by atoms with Crippen LogP contribution in [0.15, 0.2) is 71.8 Å². The maximum absolute atomic E-state index is 14.9. The molecule has 0 aromatic heterocycles. The zero-order chi connectivity index (χ0) is 42.7. The Balaban J connectivity index is 0.00000331. The summed E-state index contributed by atoms with van der Waals surface area (Å²) < 4.78 is 29.5. The van der Waals surface area contributed by atoms with E-state index in [9.17, 15) is 44.4 Å². The molecule has 2 bridgehead atoms. The van der Waals surface area contributed by atoms with Crippen LogP contribution in [0.3, 0.4) is 0 Å². The van der Waals surface area contributed by atoms with Gasteiger partial charge in [-0.05, 0) is 63.5 Å². The van der Waals surface area contributed by atoms with Crippen LogP contribution in [0.4, 0.5) is 4.79 Å². The Morgan fingerprint density at radius 3 is 2.00 bits per heavy atom. The van der Waals surface area contributed by atoms with Crippen molar-refractivity contribution in [2.45, 2.75) is 128 Å². The third-order valence-electron chi connectivity index (χ3n) is 12.6. The van der Waals surface area contributed by atoms with Gasteiger partial charge in [0.2, 0.25) is 0 Å². The zero-order valence-corrected chi connectivity index (χ0v) is 36.6. The highest BCUT2D eigenvalue weighted by atomic mass is 35.5. The molecule has 2 aromatic carbocycles. The van der Waals surface area contributed by atoms with E-state index in [0.29, 0.717) is 5.56 Å². The summed E-state index contributed by atoms with van der Waals surface area (Å²) in [4.78, 5) is 68.9. The highest BCUT2D eigenvalue weighted by molar-refractivity contribution is 5.94. The Kier molecular flexibility index (Phi) is 16.5. The highest BCUT2D eigenvalue weighted by Gasteiger charge is 2.78. The van der Waals surface area contributed by atoms with Crippen LogP contribution in [0, 0.1) is 16.7 Å². The SMILES string of the molecule is CC(=O)O[C@@]12CO[C@@H]1C[C@H](O)[C@@]1(C)C(=O)[C@H](O)C3=C(C)[C@@H](OC(=O)C(O)[C@@H](NC(=O)OC(C)(C)C)c4ccccc4)C[C@@](O)([C@@H](OC(=O)c4ccccc4)[C@H]21)C3(C)C.Cl.O.O.O. The van der Waals surface area contributed by atoms with Crippen molar-refractivity contribution >= 4 is 42.2 Å². The van der Waals surface area contributed by atoms with E-state index in [1.54, 1.807) is 83.1 Å². The van der Waals surface area contributed by atoms with E-state index >= 15 is 0 Å². The Hall–Kier alpha value is -4.50. The van der Waals surface area contributed by atoms with Crippen molar-refractivity contribution < 1.29 is 84.5 Å². The van der Waals surface area contributed by atoms with Gasteiger partial charge in [0.05, 0.1) is 35.6 Å². The van der Waals surface area contributed by atoms with Gasteiger partial charge >= 0.3 is 24.0 Å². The lowest BCUT2D eigenvalue weighted by Gasteiger charge is -2.67. The van der Waals surface area contributed by atoms with Crippen molar-refractivity contribution in [2.24, 2.45) is 16.7 Å². The van der Waals surface area contributed by atoms with Gasteiger partial charge in [-0.3, -0.25) is 9.59 Å². The van der Waals surface area contributed by atoms with Crippen molar-refractivity contribution in [3.05, 3.63) is 82.9 Å². The number of hydrogen-bond donors (Lipinski definition) is 5. The van der Waals surface area contributed by atoms with Crippen LogP contribution in [0.5, 0.6) is 0 Å². The minimum Gasteiger partial charge on any atom is -0.456 e. The molecule has 3 fully saturated rings. The van der Waals surface area contributed by atoms with Gasteiger partial charge in [-0.1, -0.05) is 62.4 Å². The molecule has 0 spiro atoms. The number of alkyl carbamates (subject to hydrolysis) is 1. The molecule has 19 heteroatoms. The number of halogens is 1. The minimum atomic E-state index is -2.35. The highest BCUT2D eigenvalue weighted by Crippen LogP contribution is 2.64. The number of ether oxygens (including phenoxy) is 5. The van der Waals surface area contributed by atoms with Gasteiger partial charge in [-0.2, -0.15) is 0 Å². The first-order chi connectivity index (χ1) is 27.0. The number of carbonyl (C=O) groups is 5. The summed E-state index contributed by atoms with van der Waals surface area (Å²) in [6.07, 6.45) is -11.5. The second-order valence-electron chi connectivity index (χ2n) is 17.6. The van der Waals surface area contributed by atoms with Gasteiger partial charge in [-0.15, -0.1) is 12.4 Å². The standard InChI is InChI=1S/C43H53NO14.ClH.3H2O/c1-22-26(55-37(51)32(48)30(24-15-11-9-12-16-24)44-38(52)58-39(3,4)5)20-43(53)35(56-36(50)25-17-13-10-14-18-25)33-41(8,34(49)31(47)29(22)40(43,6)7)27(46)19-28-42(33,21-54-28)57-23(2)45;;;;/h9-18,26-28,30-33,35,46-48,53H,19-21H2,1-8H3,(H,44,52);1H;3*1H2/t26-,27-,28+,30-,31+,32?,33-,35-,41+,42-,43+;;;;/m0..../s1. The Morgan fingerprint density at radius 2 is 1.48 bits per heavy atom. The van der Waals surface area contributed by atoms with Crippen molar-refractivity contribution in [2.75, 3.05) is 6.61 Å². The number of aliphatic hydroxyl groups excluding tert-OH is 3. The van der Waals surface area contributed by atoms with Crippen molar-refractivity contribution in [1.82, 2.24) is 5.32 Å². The molecule has 1 heterocycles. The number of aliphatic hydroxyl groups is 4. The summed E-state index contributed by atoms with van der Waals surface area (Å²) >= 11 is 0. The fraction of sp³-hybridized carbons (Fsp3) is 0.558. The molecular weight excluding hydrogens is 838 g/mol. The van der Waals surface area contributed by atoms with E-state index in [0.717, 1.165) is 6.92 Å². The third kappa shape index (κ3) is 8.98. The van der Waals surface area contributed by atoms with Gasteiger partial charge in [0.15, 0.2) is 17.5 Å². The minimum absolute atomic E-state index is 0. The Bertz CT molecular complexity index is 1990. The van der Waals surface area contributed by atoms with E-state index in [2.05, 4.69) is 5.32 Å². The van der Waals surface area contributed by atoms with Crippen LogP contribution in [0.2, 0.25) is 0 Å². The summed E-state index contributed by atoms with van der Waals surface area (Å²) in [5.74, 6) is -5.36. The van der Waals surface area contributed by atoms with Gasteiger partial charge < -0.3 is 65.9 Å². The van der Waals surface area contributed by atoms with E-state index in [4.69, 9.17) is 23.7 Å². The van der Waals surface area contributed by atoms with E-state index in [1.165, 1.54) is 26.0 Å². The fourth-order valence-corrected chi connectivity index (χ4v) is 9.56. The molecule has 1 saturated heterocycles. The third-order valence-corrected chi connectivity index (χ3v) is 12.6. The van der Waals surface area contributed by atoms with Crippen LogP contribution in [-0.4, -0.2) is 127 Å². The molecule has 0 radical (unpaired) electrons. The first kappa shape index (κ1) is 53.6. The average molecular weight is 898 g/mol. The molecule has 2 aromatic rings. The number of benzene rings is 2. The number of Topliss-reactive ketones (excluding diaryl/α,β-unsaturated/α-hetero) is 1. The summed E-state index contributed by atoms with van der Waals surface area (Å²) in [5, 5.41) is 51.6. The predicted molar refractivity (Wildman–Crippen MR) is 222 cm³/mol. The average Bonchev–Trinajstić information content (AvgIpc) is 3.14. The number of nitrogens with one attached hydrogen (secondary N) is 1. The molecule has 11 atom stereocenters. The first-order valence-corrected chi connectivity index (χ1v) is 19.3. The molecule has 3 aliphatic carbocycles. The number of carbonyl (C=O) groups excluding carboxylic acids is 5. The second kappa shape index (κ2) is 19.1. The Morgan fingerprint density at radius 1 is 0.919 bits per heavy atom. The summed E-state index contributed by atoms with van der Waals surface area (Å²) in [5.41, 5.74) is -8.14. The molecule has 62 heavy (non-hydrogen) atoms. The smallest absolute Gasteiger partial charge is 0.408 e. The Labute approximate surface area is 365 Å². The molecule has 1 unspecified atom stereocenters. The number of fused-ring (bicyclic) bond motifs is 5. The molecule has 18 nitrogen and oxygen atoms in total. The number of esters is 3. The van der Waals surface area contributed by atoms with Crippen LogP contribution in [0.1, 0.15) is 90.2 Å². The van der Waals surface area contributed by atoms with Crippen molar-refractivity contribution in [1.29, 1.82) is 0 Å². The maximum atomic E-state index is 14.9. The van der Waals surface area contributed by atoms with Gasteiger partial charge in [0.25, 0.3) is 0 Å². The molecule has 346 valence electrons. The lowest BCUT2D eigenvalue weighted by molar-refractivity contribution is -0.346. The van der Waals surface area contributed by atoms with Gasteiger partial charge in [0, 0.05) is 25.2 Å². The van der Waals surface area contributed by atoms with E-state index in [-0.39, 0.29) is 58.6 Å². The normalized spacial score (nSPS) is 31.5.